The molecule has 0 spiro atoms. The minimum atomic E-state index is -1.00. The lowest BCUT2D eigenvalue weighted by Gasteiger charge is -2.30. The first-order chi connectivity index (χ1) is 18.6. The minimum absolute atomic E-state index is 0.185. The molecule has 8 nitrogen and oxygen atoms in total. The topological polar surface area (TPSA) is 91.1 Å². The molecule has 38 heavy (non-hydrogen) atoms. The molecule has 2 aliphatic heterocycles. The van der Waals surface area contributed by atoms with Crippen molar-refractivity contribution in [3.05, 3.63) is 102 Å². The van der Waals surface area contributed by atoms with Crippen LogP contribution in [-0.4, -0.2) is 47.5 Å². The van der Waals surface area contributed by atoms with Gasteiger partial charge in [0.25, 0.3) is 0 Å². The van der Waals surface area contributed by atoms with Gasteiger partial charge in [-0.15, -0.1) is 0 Å². The van der Waals surface area contributed by atoms with Crippen LogP contribution in [0.5, 0.6) is 0 Å². The second-order valence-electron chi connectivity index (χ2n) is 9.17. The van der Waals surface area contributed by atoms with Crippen molar-refractivity contribution >= 4 is 34.7 Å². The number of aromatic nitrogens is 1. The molecule has 4 aromatic rings. The van der Waals surface area contributed by atoms with Crippen molar-refractivity contribution in [3.8, 4) is 11.3 Å². The van der Waals surface area contributed by atoms with Gasteiger partial charge in [0, 0.05) is 36.2 Å². The zero-order valence-electron chi connectivity index (χ0n) is 20.5. The minimum Gasteiger partial charge on any atom is -0.478 e. The second-order valence-corrected chi connectivity index (χ2v) is 9.55. The normalized spacial score (nSPS) is 19.4. The Balaban J connectivity index is 1.39. The van der Waals surface area contributed by atoms with Crippen LogP contribution >= 0.6 is 12.2 Å². The summed E-state index contributed by atoms with van der Waals surface area (Å²) in [6, 6.07) is 24.0. The average molecular weight is 527 g/mol. The van der Waals surface area contributed by atoms with E-state index in [0.29, 0.717) is 22.2 Å². The lowest BCUT2D eigenvalue weighted by atomic mass is 10.0. The van der Waals surface area contributed by atoms with Crippen LogP contribution in [0, 0.1) is 0 Å². The number of hydrogen-bond donors (Lipinski definition) is 2. The summed E-state index contributed by atoms with van der Waals surface area (Å²) < 4.78 is 11.8. The van der Waals surface area contributed by atoms with Crippen LogP contribution in [0.3, 0.4) is 0 Å². The van der Waals surface area contributed by atoms with Crippen molar-refractivity contribution in [2.24, 2.45) is 0 Å². The molecule has 0 saturated carbocycles. The summed E-state index contributed by atoms with van der Waals surface area (Å²) in [5, 5.41) is 13.7. The van der Waals surface area contributed by atoms with Gasteiger partial charge in [0.2, 0.25) is 0 Å². The molecule has 0 radical (unpaired) electrons. The molecule has 0 amide bonds. The summed E-state index contributed by atoms with van der Waals surface area (Å²) in [7, 11) is 0. The number of rotatable bonds is 6. The van der Waals surface area contributed by atoms with E-state index >= 15 is 0 Å². The van der Waals surface area contributed by atoms with Crippen molar-refractivity contribution in [3.63, 3.8) is 0 Å². The highest BCUT2D eigenvalue weighted by atomic mass is 32.1. The summed E-state index contributed by atoms with van der Waals surface area (Å²) in [6.07, 6.45) is 1.76. The number of pyridine rings is 1. The monoisotopic (exact) mass is 526 g/mol. The van der Waals surface area contributed by atoms with Gasteiger partial charge in [-0.2, -0.15) is 0 Å². The van der Waals surface area contributed by atoms with Crippen LogP contribution in [0.4, 0.5) is 11.4 Å². The van der Waals surface area contributed by atoms with Gasteiger partial charge in [0.15, 0.2) is 5.11 Å². The van der Waals surface area contributed by atoms with Gasteiger partial charge in [-0.1, -0.05) is 24.3 Å². The number of aromatic carboxylic acids is 1. The smallest absolute Gasteiger partial charge is 0.336 e. The maximum absolute atomic E-state index is 11.8. The Morgan fingerprint density at radius 3 is 2.42 bits per heavy atom. The summed E-state index contributed by atoms with van der Waals surface area (Å²) in [5.74, 6) is 0.134. The van der Waals surface area contributed by atoms with Gasteiger partial charge in [-0.3, -0.25) is 4.98 Å². The third kappa shape index (κ3) is 4.51. The molecule has 0 unspecified atom stereocenters. The third-order valence-corrected chi connectivity index (χ3v) is 7.26. The number of carboxylic acids is 1. The molecule has 2 atom stereocenters. The van der Waals surface area contributed by atoms with Crippen molar-refractivity contribution in [2.45, 2.75) is 12.1 Å². The van der Waals surface area contributed by atoms with Crippen LogP contribution in [0.15, 0.2) is 89.5 Å². The quantitative estimate of drug-likeness (QED) is 0.335. The summed E-state index contributed by atoms with van der Waals surface area (Å²) in [5.41, 5.74) is 3.60. The molecule has 6 rings (SSSR count). The Morgan fingerprint density at radius 2 is 1.68 bits per heavy atom. The van der Waals surface area contributed by atoms with Gasteiger partial charge in [-0.05, 0) is 66.8 Å². The molecule has 2 aromatic carbocycles. The summed E-state index contributed by atoms with van der Waals surface area (Å²) in [6.45, 7) is 3.17. The van der Waals surface area contributed by atoms with Crippen LogP contribution in [0.1, 0.15) is 33.9 Å². The van der Waals surface area contributed by atoms with Gasteiger partial charge >= 0.3 is 5.97 Å². The van der Waals surface area contributed by atoms with Crippen LogP contribution in [0.2, 0.25) is 0 Å². The van der Waals surface area contributed by atoms with E-state index in [-0.39, 0.29) is 17.6 Å². The maximum Gasteiger partial charge on any atom is 0.336 e. The van der Waals surface area contributed by atoms with E-state index in [4.69, 9.17) is 21.4 Å². The number of nitrogens with one attached hydrogen (secondary N) is 1. The molecule has 4 heterocycles. The molecule has 2 aliphatic rings. The standard InChI is InChI=1S/C29H26N4O4S/c34-28(35)22-6-2-1-5-21(22)24-12-13-25(37-24)27-26(23-7-3-4-14-30-23)31-29(38)33(27)20-10-8-19(9-11-20)32-15-17-36-18-16-32/h1-14,26-27H,15-18H2,(H,31,38)(H,34,35)/t26-,27+/m0/s1. The first kappa shape index (κ1) is 24.1. The number of nitrogens with zero attached hydrogens (tertiary/aromatic N) is 3. The van der Waals surface area contributed by atoms with E-state index in [2.05, 4.69) is 39.5 Å². The lowest BCUT2D eigenvalue weighted by Crippen LogP contribution is -2.36. The van der Waals surface area contributed by atoms with E-state index in [1.165, 1.54) is 0 Å². The van der Waals surface area contributed by atoms with Crippen LogP contribution < -0.4 is 15.1 Å². The first-order valence-corrected chi connectivity index (χ1v) is 12.9. The van der Waals surface area contributed by atoms with Crippen LogP contribution in [-0.2, 0) is 4.74 Å². The molecule has 9 heteroatoms. The highest BCUT2D eigenvalue weighted by Gasteiger charge is 2.42. The number of ether oxygens (including phenoxy) is 1. The maximum atomic E-state index is 11.8. The average Bonchev–Trinajstić information content (AvgIpc) is 3.59. The lowest BCUT2D eigenvalue weighted by molar-refractivity contribution is 0.0697. The number of furan rings is 1. The fourth-order valence-corrected chi connectivity index (χ4v) is 5.45. The number of benzene rings is 2. The Bertz CT molecular complexity index is 1450. The largest absolute Gasteiger partial charge is 0.478 e. The van der Waals surface area contributed by atoms with Crippen molar-refractivity contribution < 1.29 is 19.1 Å². The second kappa shape index (κ2) is 10.3. The van der Waals surface area contributed by atoms with Gasteiger partial charge in [0.05, 0.1) is 30.5 Å². The Labute approximate surface area is 225 Å². The van der Waals surface area contributed by atoms with Crippen molar-refractivity contribution in [2.75, 3.05) is 36.1 Å². The fraction of sp³-hybridized carbons (Fsp3) is 0.207. The Kier molecular flexibility index (Phi) is 6.53. The zero-order valence-corrected chi connectivity index (χ0v) is 21.3. The van der Waals surface area contributed by atoms with E-state index in [9.17, 15) is 9.90 Å². The van der Waals surface area contributed by atoms with Gasteiger partial charge < -0.3 is 29.4 Å². The van der Waals surface area contributed by atoms with E-state index < -0.39 is 5.97 Å². The Hall–Kier alpha value is -4.21. The third-order valence-electron chi connectivity index (χ3n) is 6.94. The van der Waals surface area contributed by atoms with Crippen molar-refractivity contribution in [1.82, 2.24) is 10.3 Å². The number of carboxylic acid groups (broad SMARTS) is 1. The number of carbonyl (C=O) groups is 1. The first-order valence-electron chi connectivity index (χ1n) is 12.5. The van der Waals surface area contributed by atoms with Crippen LogP contribution in [0.25, 0.3) is 11.3 Å². The van der Waals surface area contributed by atoms with Gasteiger partial charge in [0.1, 0.15) is 17.6 Å². The number of thiocarbonyl (C=S) groups is 1. The predicted octanol–water partition coefficient (Wildman–Crippen LogP) is 5.05. The molecule has 192 valence electrons. The molecule has 2 fully saturated rings. The zero-order chi connectivity index (χ0) is 26.1. The van der Waals surface area contributed by atoms with Gasteiger partial charge in [-0.25, -0.2) is 4.79 Å². The highest BCUT2D eigenvalue weighted by molar-refractivity contribution is 7.80. The van der Waals surface area contributed by atoms with Crippen molar-refractivity contribution in [1.29, 1.82) is 0 Å². The number of hydrogen-bond acceptors (Lipinski definition) is 6. The molecule has 2 aromatic heterocycles. The predicted molar refractivity (Wildman–Crippen MR) is 149 cm³/mol. The number of anilines is 2. The summed E-state index contributed by atoms with van der Waals surface area (Å²) >= 11 is 5.83. The molecule has 0 aliphatic carbocycles. The highest BCUT2D eigenvalue weighted by Crippen LogP contribution is 2.43. The summed E-state index contributed by atoms with van der Waals surface area (Å²) in [4.78, 5) is 20.8. The number of morpholine rings is 1. The van der Waals surface area contributed by atoms with E-state index in [0.717, 1.165) is 43.4 Å². The molecule has 2 N–H and O–H groups in total. The van der Waals surface area contributed by atoms with E-state index in [1.807, 2.05) is 35.2 Å². The molecular formula is C29H26N4O4S. The molecule has 2 saturated heterocycles. The fourth-order valence-electron chi connectivity index (χ4n) is 5.11. The molecule has 0 bridgehead atoms. The van der Waals surface area contributed by atoms with E-state index in [1.54, 1.807) is 30.5 Å². The SMILES string of the molecule is O=C(O)c1ccccc1-c1ccc([C@@H]2[C@H](c3ccccn3)NC(=S)N2c2ccc(N3CCOCC3)cc2)o1. The molecular weight excluding hydrogens is 500 g/mol. The Morgan fingerprint density at radius 1 is 0.947 bits per heavy atom.